The third-order valence-corrected chi connectivity index (χ3v) is 4.99. The Kier molecular flexibility index (Phi) is 12.4. The van der Waals surface area contributed by atoms with E-state index in [1.54, 1.807) is 6.20 Å². The van der Waals surface area contributed by atoms with E-state index in [0.29, 0.717) is 24.7 Å². The van der Waals surface area contributed by atoms with Crippen molar-refractivity contribution < 1.29 is 9.53 Å². The number of unbranched alkanes of at least 4 members (excludes halogenated alkanes) is 1. The molecule has 0 saturated heterocycles. The van der Waals surface area contributed by atoms with Gasteiger partial charge in [0.05, 0.1) is 13.0 Å². The monoisotopic (exact) mass is 376 g/mol. The number of ether oxygens (including phenoxy) is 1. The maximum atomic E-state index is 11.9. The second kappa shape index (κ2) is 14.4. The predicted molar refractivity (Wildman–Crippen MR) is 113 cm³/mol. The lowest BCUT2D eigenvalue weighted by Crippen LogP contribution is -2.14. The number of carbonyl (C=O) groups is 1. The number of carbonyl (C=O) groups excluding carboxylic acids is 1. The quantitative estimate of drug-likeness (QED) is 0.315. The summed E-state index contributed by atoms with van der Waals surface area (Å²) in [6.07, 6.45) is 9.22. The minimum atomic E-state index is -0.143. The standard InChI is InChI=1S/C21H32N2O2S/c1-3-5-10-18(9-4-2)17-25-21(24)13-14-26-20(15-22)16-23-19-11-7-6-8-12-19/h6-8,11-12,15-16,18,22-23H,3-5,9-10,13-14,17H2,1-2H3/b20-16+,22-15?. The second-order valence-corrected chi connectivity index (χ2v) is 7.45. The highest BCUT2D eigenvalue weighted by atomic mass is 32.2. The van der Waals surface area contributed by atoms with Crippen LogP contribution >= 0.6 is 11.8 Å². The molecule has 2 N–H and O–H groups in total. The van der Waals surface area contributed by atoms with Gasteiger partial charge in [-0.1, -0.05) is 51.3 Å². The van der Waals surface area contributed by atoms with Gasteiger partial charge in [0.2, 0.25) is 0 Å². The molecule has 0 aliphatic rings. The molecule has 4 nitrogen and oxygen atoms in total. The fourth-order valence-corrected chi connectivity index (χ4v) is 3.29. The van der Waals surface area contributed by atoms with Crippen molar-refractivity contribution in [3.63, 3.8) is 0 Å². The minimum absolute atomic E-state index is 0.143. The summed E-state index contributed by atoms with van der Waals surface area (Å²) in [5.41, 5.74) is 0.973. The Labute approximate surface area is 162 Å². The highest BCUT2D eigenvalue weighted by Gasteiger charge is 2.11. The molecule has 0 aliphatic heterocycles. The molecule has 0 radical (unpaired) electrons. The lowest BCUT2D eigenvalue weighted by molar-refractivity contribution is -0.144. The number of para-hydroxylation sites is 1. The third-order valence-electron chi connectivity index (χ3n) is 4.01. The van der Waals surface area contributed by atoms with Crippen LogP contribution in [0.1, 0.15) is 52.4 Å². The van der Waals surface area contributed by atoms with E-state index in [1.807, 2.05) is 30.3 Å². The predicted octanol–water partition coefficient (Wildman–Crippen LogP) is 5.86. The van der Waals surface area contributed by atoms with Crippen LogP contribution in [0.4, 0.5) is 5.69 Å². The molecule has 0 aliphatic carbocycles. The number of hydrogen-bond donors (Lipinski definition) is 2. The number of rotatable bonds is 14. The first-order valence-corrected chi connectivity index (χ1v) is 10.5. The lowest BCUT2D eigenvalue weighted by atomic mass is 9.98. The molecular weight excluding hydrogens is 344 g/mol. The molecule has 0 amide bonds. The molecule has 0 spiro atoms. The molecule has 0 aromatic heterocycles. The average molecular weight is 377 g/mol. The van der Waals surface area contributed by atoms with Crippen molar-refractivity contribution in [2.24, 2.45) is 5.92 Å². The SMILES string of the molecule is CCCCC(CCC)COC(=O)CCS/C(C=N)=C/Nc1ccccc1. The first-order valence-electron chi connectivity index (χ1n) is 9.50. The van der Waals surface area contributed by atoms with Crippen molar-refractivity contribution >= 4 is 29.6 Å². The van der Waals surface area contributed by atoms with Gasteiger partial charge in [-0.25, -0.2) is 0 Å². The second-order valence-electron chi connectivity index (χ2n) is 6.28. The van der Waals surface area contributed by atoms with Crippen LogP contribution in [0.2, 0.25) is 0 Å². The molecule has 1 atom stereocenters. The van der Waals surface area contributed by atoms with Crippen LogP contribution in [0.3, 0.4) is 0 Å². The number of thioether (sulfide) groups is 1. The van der Waals surface area contributed by atoms with E-state index in [4.69, 9.17) is 10.1 Å². The summed E-state index contributed by atoms with van der Waals surface area (Å²) in [5.74, 6) is 0.961. The van der Waals surface area contributed by atoms with Gasteiger partial charge in [-0.15, -0.1) is 11.8 Å². The fourth-order valence-electron chi connectivity index (χ4n) is 2.56. The van der Waals surface area contributed by atoms with Crippen LogP contribution in [0.25, 0.3) is 0 Å². The maximum absolute atomic E-state index is 11.9. The average Bonchev–Trinajstić information content (AvgIpc) is 2.67. The van der Waals surface area contributed by atoms with Crippen molar-refractivity contribution in [3.05, 3.63) is 41.4 Å². The van der Waals surface area contributed by atoms with E-state index < -0.39 is 0 Å². The normalized spacial score (nSPS) is 12.5. The van der Waals surface area contributed by atoms with Crippen molar-refractivity contribution in [1.29, 1.82) is 5.41 Å². The summed E-state index contributed by atoms with van der Waals surface area (Å²) < 4.78 is 5.45. The van der Waals surface area contributed by atoms with Gasteiger partial charge < -0.3 is 15.5 Å². The molecule has 0 bridgehead atoms. The number of anilines is 1. The third kappa shape index (κ3) is 10.3. The van der Waals surface area contributed by atoms with Crippen molar-refractivity contribution in [2.45, 2.75) is 52.4 Å². The minimum Gasteiger partial charge on any atom is -0.465 e. The molecule has 26 heavy (non-hydrogen) atoms. The van der Waals surface area contributed by atoms with Gasteiger partial charge in [-0.05, 0) is 30.9 Å². The summed E-state index contributed by atoms with van der Waals surface area (Å²) in [5, 5.41) is 10.6. The molecule has 1 rings (SSSR count). The summed E-state index contributed by atoms with van der Waals surface area (Å²) in [6.45, 7) is 4.90. The van der Waals surface area contributed by atoms with Gasteiger partial charge in [0.25, 0.3) is 0 Å². The van der Waals surface area contributed by atoms with E-state index in [1.165, 1.54) is 30.8 Å². The highest BCUT2D eigenvalue weighted by Crippen LogP contribution is 2.18. The topological polar surface area (TPSA) is 62.2 Å². The Morgan fingerprint density at radius 1 is 1.23 bits per heavy atom. The van der Waals surface area contributed by atoms with E-state index in [9.17, 15) is 4.79 Å². The smallest absolute Gasteiger partial charge is 0.306 e. The van der Waals surface area contributed by atoms with Crippen LogP contribution in [0.5, 0.6) is 0 Å². The largest absolute Gasteiger partial charge is 0.465 e. The zero-order valence-electron chi connectivity index (χ0n) is 16.0. The van der Waals surface area contributed by atoms with Gasteiger partial charge in [0.15, 0.2) is 0 Å². The van der Waals surface area contributed by atoms with Crippen LogP contribution in [-0.4, -0.2) is 24.5 Å². The number of allylic oxidation sites excluding steroid dienone is 1. The summed E-state index contributed by atoms with van der Waals surface area (Å²) in [4.78, 5) is 12.7. The molecule has 5 heteroatoms. The van der Waals surface area contributed by atoms with Gasteiger partial charge in [0, 0.05) is 28.8 Å². The van der Waals surface area contributed by atoms with E-state index >= 15 is 0 Å². The first kappa shape index (κ1) is 22.3. The van der Waals surface area contributed by atoms with Gasteiger partial charge >= 0.3 is 5.97 Å². The lowest BCUT2D eigenvalue weighted by Gasteiger charge is -2.15. The zero-order valence-corrected chi connectivity index (χ0v) is 16.8. The molecule has 0 saturated carbocycles. The van der Waals surface area contributed by atoms with Gasteiger partial charge in [-0.3, -0.25) is 4.79 Å². The number of nitrogens with one attached hydrogen (secondary N) is 2. The molecule has 144 valence electrons. The Morgan fingerprint density at radius 2 is 2.00 bits per heavy atom. The first-order chi connectivity index (χ1) is 12.7. The molecule has 0 heterocycles. The Bertz CT molecular complexity index is 546. The number of benzene rings is 1. The molecule has 0 fully saturated rings. The van der Waals surface area contributed by atoms with Gasteiger partial charge in [0.1, 0.15) is 0 Å². The van der Waals surface area contributed by atoms with Crippen LogP contribution < -0.4 is 5.32 Å². The van der Waals surface area contributed by atoms with Crippen molar-refractivity contribution in [2.75, 3.05) is 17.7 Å². The van der Waals surface area contributed by atoms with Crippen LogP contribution in [-0.2, 0) is 9.53 Å². The van der Waals surface area contributed by atoms with Crippen molar-refractivity contribution in [1.82, 2.24) is 0 Å². The number of esters is 1. The Hall–Kier alpha value is -1.75. The van der Waals surface area contributed by atoms with E-state index in [-0.39, 0.29) is 5.97 Å². The zero-order chi connectivity index (χ0) is 19.0. The van der Waals surface area contributed by atoms with Crippen LogP contribution in [0.15, 0.2) is 41.4 Å². The Balaban J connectivity index is 2.28. The summed E-state index contributed by atoms with van der Waals surface area (Å²) in [6, 6.07) is 9.79. The highest BCUT2D eigenvalue weighted by molar-refractivity contribution is 8.03. The molecule has 1 aromatic rings. The van der Waals surface area contributed by atoms with Gasteiger partial charge in [-0.2, -0.15) is 0 Å². The number of hydrogen-bond acceptors (Lipinski definition) is 5. The summed E-state index contributed by atoms with van der Waals surface area (Å²) >= 11 is 1.48. The Morgan fingerprint density at radius 3 is 2.65 bits per heavy atom. The molecular formula is C21H32N2O2S. The van der Waals surface area contributed by atoms with E-state index in [0.717, 1.165) is 29.9 Å². The maximum Gasteiger partial charge on any atom is 0.306 e. The summed E-state index contributed by atoms with van der Waals surface area (Å²) in [7, 11) is 0. The fraction of sp³-hybridized carbons (Fsp3) is 0.524. The van der Waals surface area contributed by atoms with E-state index in [2.05, 4.69) is 19.2 Å². The van der Waals surface area contributed by atoms with Crippen LogP contribution in [0, 0.1) is 11.3 Å². The van der Waals surface area contributed by atoms with Crippen molar-refractivity contribution in [3.8, 4) is 0 Å². The molecule has 1 aromatic carbocycles. The molecule has 1 unspecified atom stereocenters.